The summed E-state index contributed by atoms with van der Waals surface area (Å²) in [6.07, 6.45) is 0. The van der Waals surface area contributed by atoms with E-state index in [1.54, 1.807) is 19.0 Å². The number of hydrogen-bond acceptors (Lipinski definition) is 5. The monoisotopic (exact) mass is 281 g/mol. The van der Waals surface area contributed by atoms with Gasteiger partial charge in [-0.25, -0.2) is 0 Å². The smallest absolute Gasteiger partial charge is 0.236 e. The molecule has 1 aromatic heterocycles. The fourth-order valence-corrected chi connectivity index (χ4v) is 2.32. The molecule has 0 saturated carbocycles. The number of amides is 1. The average molecular weight is 281 g/mol. The molecule has 112 valence electrons. The summed E-state index contributed by atoms with van der Waals surface area (Å²) in [7, 11) is 3.55. The molecule has 0 saturated heterocycles. The van der Waals surface area contributed by atoms with Crippen LogP contribution in [0.4, 0.5) is 0 Å². The Labute approximate surface area is 119 Å². The Kier molecular flexibility index (Phi) is 4.72. The van der Waals surface area contributed by atoms with E-state index in [4.69, 9.17) is 4.74 Å². The first-order valence-electron chi connectivity index (χ1n) is 6.98. The van der Waals surface area contributed by atoms with Crippen LogP contribution >= 0.6 is 0 Å². The third-order valence-corrected chi connectivity index (χ3v) is 3.66. The van der Waals surface area contributed by atoms with Gasteiger partial charge in [0.1, 0.15) is 12.4 Å². The lowest BCUT2D eigenvalue weighted by Gasteiger charge is -2.33. The van der Waals surface area contributed by atoms with Gasteiger partial charge < -0.3 is 14.2 Å². The van der Waals surface area contributed by atoms with Crippen LogP contribution in [0.2, 0.25) is 0 Å². The van der Waals surface area contributed by atoms with E-state index in [0.29, 0.717) is 19.8 Å². The second-order valence-electron chi connectivity index (χ2n) is 5.20. The fourth-order valence-electron chi connectivity index (χ4n) is 2.32. The van der Waals surface area contributed by atoms with Crippen LogP contribution in [0.5, 0.6) is 0 Å². The van der Waals surface area contributed by atoms with Crippen LogP contribution < -0.4 is 0 Å². The Bertz CT molecular complexity index is 471. The van der Waals surface area contributed by atoms with Crippen molar-refractivity contribution in [1.29, 1.82) is 0 Å². The highest BCUT2D eigenvalue weighted by Crippen LogP contribution is 2.24. The summed E-state index contributed by atoms with van der Waals surface area (Å²) in [5.74, 6) is 1.89. The van der Waals surface area contributed by atoms with Crippen molar-refractivity contribution in [3.8, 4) is 0 Å². The SMILES string of the molecule is CCOCc1nnc2n1CCN(CC(=O)N(C)C)[C@@H]2C. The molecule has 1 aliphatic rings. The molecule has 1 atom stereocenters. The first-order valence-corrected chi connectivity index (χ1v) is 6.98. The molecule has 0 bridgehead atoms. The van der Waals surface area contributed by atoms with E-state index in [1.807, 2.05) is 6.92 Å². The highest BCUT2D eigenvalue weighted by Gasteiger charge is 2.29. The summed E-state index contributed by atoms with van der Waals surface area (Å²) >= 11 is 0. The predicted octanol–water partition coefficient (Wildman–Crippen LogP) is 0.279. The number of nitrogens with zero attached hydrogens (tertiary/aromatic N) is 5. The Morgan fingerprint density at radius 1 is 1.40 bits per heavy atom. The van der Waals surface area contributed by atoms with Crippen molar-refractivity contribution >= 4 is 5.91 Å². The van der Waals surface area contributed by atoms with Crippen LogP contribution in [-0.2, 0) is 22.7 Å². The quantitative estimate of drug-likeness (QED) is 0.775. The highest BCUT2D eigenvalue weighted by molar-refractivity contribution is 5.77. The molecule has 0 unspecified atom stereocenters. The summed E-state index contributed by atoms with van der Waals surface area (Å²) < 4.78 is 7.51. The minimum Gasteiger partial charge on any atom is -0.374 e. The molecule has 0 radical (unpaired) electrons. The number of carbonyl (C=O) groups excluding carboxylic acids is 1. The van der Waals surface area contributed by atoms with Crippen LogP contribution in [0.3, 0.4) is 0 Å². The summed E-state index contributed by atoms with van der Waals surface area (Å²) in [6.45, 7) is 7.23. The predicted molar refractivity (Wildman–Crippen MR) is 74.0 cm³/mol. The molecule has 0 aliphatic carbocycles. The molecular formula is C13H23N5O2. The van der Waals surface area contributed by atoms with Gasteiger partial charge in [0.05, 0.1) is 12.6 Å². The number of aromatic nitrogens is 3. The van der Waals surface area contributed by atoms with Crippen molar-refractivity contribution in [2.24, 2.45) is 0 Å². The van der Waals surface area contributed by atoms with Gasteiger partial charge in [0, 0.05) is 33.8 Å². The van der Waals surface area contributed by atoms with Crippen molar-refractivity contribution in [1.82, 2.24) is 24.6 Å². The molecule has 7 nitrogen and oxygen atoms in total. The lowest BCUT2D eigenvalue weighted by Crippen LogP contribution is -2.43. The maximum absolute atomic E-state index is 11.8. The molecule has 0 fully saturated rings. The zero-order valence-corrected chi connectivity index (χ0v) is 12.7. The Morgan fingerprint density at radius 2 is 2.15 bits per heavy atom. The third kappa shape index (κ3) is 2.99. The number of rotatable bonds is 5. The van der Waals surface area contributed by atoms with Crippen LogP contribution in [-0.4, -0.2) is 64.3 Å². The molecule has 7 heteroatoms. The summed E-state index contributed by atoms with van der Waals surface area (Å²) in [4.78, 5) is 15.6. The molecule has 1 amide bonds. The minimum atomic E-state index is 0.0931. The van der Waals surface area contributed by atoms with E-state index in [9.17, 15) is 4.79 Å². The van der Waals surface area contributed by atoms with Crippen LogP contribution in [0.1, 0.15) is 31.5 Å². The second kappa shape index (κ2) is 6.32. The Hall–Kier alpha value is -1.47. The fraction of sp³-hybridized carbons (Fsp3) is 0.769. The van der Waals surface area contributed by atoms with Gasteiger partial charge in [-0.15, -0.1) is 10.2 Å². The molecule has 2 rings (SSSR count). The second-order valence-corrected chi connectivity index (χ2v) is 5.20. The van der Waals surface area contributed by atoms with E-state index < -0.39 is 0 Å². The van der Waals surface area contributed by atoms with Crippen LogP contribution in [0.15, 0.2) is 0 Å². The lowest BCUT2D eigenvalue weighted by molar-refractivity contribution is -0.130. The Morgan fingerprint density at radius 3 is 2.80 bits per heavy atom. The van der Waals surface area contributed by atoms with Crippen molar-refractivity contribution < 1.29 is 9.53 Å². The number of carbonyl (C=O) groups is 1. The van der Waals surface area contributed by atoms with Gasteiger partial charge in [0.2, 0.25) is 5.91 Å². The maximum atomic E-state index is 11.8. The highest BCUT2D eigenvalue weighted by atomic mass is 16.5. The molecule has 0 N–H and O–H groups in total. The molecule has 2 heterocycles. The van der Waals surface area contributed by atoms with Crippen molar-refractivity contribution in [2.75, 3.05) is 33.8 Å². The Balaban J connectivity index is 2.08. The first kappa shape index (κ1) is 14.9. The van der Waals surface area contributed by atoms with Crippen LogP contribution in [0.25, 0.3) is 0 Å². The van der Waals surface area contributed by atoms with Crippen LogP contribution in [0, 0.1) is 0 Å². The topological polar surface area (TPSA) is 63.5 Å². The van der Waals surface area contributed by atoms with Gasteiger partial charge in [-0.05, 0) is 13.8 Å². The van der Waals surface area contributed by atoms with E-state index in [-0.39, 0.29) is 11.9 Å². The standard InChI is InChI=1S/C13H23N5O2/c1-5-20-9-11-14-15-13-10(2)17(6-7-18(11)13)8-12(19)16(3)4/h10H,5-9H2,1-4H3/t10-/m1/s1. The van der Waals surface area contributed by atoms with Gasteiger partial charge >= 0.3 is 0 Å². The normalized spacial score (nSPS) is 18.9. The molecule has 0 aromatic carbocycles. The average Bonchev–Trinajstić information content (AvgIpc) is 2.83. The van der Waals surface area contributed by atoms with Gasteiger partial charge in [0.25, 0.3) is 0 Å². The van der Waals surface area contributed by atoms with Crippen molar-refractivity contribution in [3.05, 3.63) is 11.6 Å². The number of fused-ring (bicyclic) bond motifs is 1. The van der Waals surface area contributed by atoms with E-state index in [0.717, 1.165) is 24.7 Å². The molecule has 20 heavy (non-hydrogen) atoms. The zero-order chi connectivity index (χ0) is 14.7. The van der Waals surface area contributed by atoms with Gasteiger partial charge in [0.15, 0.2) is 5.82 Å². The van der Waals surface area contributed by atoms with E-state index in [1.165, 1.54) is 0 Å². The lowest BCUT2D eigenvalue weighted by atomic mass is 10.2. The molecule has 1 aliphatic heterocycles. The molecule has 0 spiro atoms. The largest absolute Gasteiger partial charge is 0.374 e. The van der Waals surface area contributed by atoms with Gasteiger partial charge in [-0.1, -0.05) is 0 Å². The van der Waals surface area contributed by atoms with Crippen molar-refractivity contribution in [2.45, 2.75) is 33.0 Å². The minimum absolute atomic E-state index is 0.0931. The van der Waals surface area contributed by atoms with E-state index >= 15 is 0 Å². The number of hydrogen-bond donors (Lipinski definition) is 0. The van der Waals surface area contributed by atoms with E-state index in [2.05, 4.69) is 26.6 Å². The summed E-state index contributed by atoms with van der Waals surface area (Å²) in [5, 5.41) is 8.46. The zero-order valence-electron chi connectivity index (χ0n) is 12.7. The van der Waals surface area contributed by atoms with Gasteiger partial charge in [-0.2, -0.15) is 0 Å². The van der Waals surface area contributed by atoms with Crippen molar-refractivity contribution in [3.63, 3.8) is 0 Å². The first-order chi connectivity index (χ1) is 9.54. The molecular weight excluding hydrogens is 258 g/mol. The number of likely N-dealkylation sites (N-methyl/N-ethyl adjacent to an activating group) is 1. The number of ether oxygens (including phenoxy) is 1. The molecule has 1 aromatic rings. The summed E-state index contributed by atoms with van der Waals surface area (Å²) in [6, 6.07) is 0.0931. The van der Waals surface area contributed by atoms with Gasteiger partial charge in [-0.3, -0.25) is 9.69 Å². The third-order valence-electron chi connectivity index (χ3n) is 3.66. The summed E-state index contributed by atoms with van der Waals surface area (Å²) in [5.41, 5.74) is 0. The maximum Gasteiger partial charge on any atom is 0.236 e.